The molecule has 1 aromatic carbocycles. The van der Waals surface area contributed by atoms with E-state index in [-0.39, 0.29) is 0 Å². The Morgan fingerprint density at radius 3 is 2.94 bits per heavy atom. The number of aliphatic hydroxyl groups is 1. The molecule has 0 amide bonds. The fourth-order valence-corrected chi connectivity index (χ4v) is 1.58. The summed E-state index contributed by atoms with van der Waals surface area (Å²) in [6, 6.07) is 7.49. The van der Waals surface area contributed by atoms with Crippen LogP contribution in [0.2, 0.25) is 0 Å². The van der Waals surface area contributed by atoms with Gasteiger partial charge in [-0.25, -0.2) is 4.68 Å². The lowest BCUT2D eigenvalue weighted by atomic mass is 10.3. The molecule has 84 valence electrons. The average Bonchev–Trinajstić information content (AvgIpc) is 2.74. The molecule has 0 spiro atoms. The van der Waals surface area contributed by atoms with Crippen LogP contribution in [0.15, 0.2) is 36.9 Å². The molecule has 1 aromatic heterocycles. The van der Waals surface area contributed by atoms with Crippen LogP contribution in [0.4, 0.5) is 0 Å². The number of para-hydroxylation sites is 1. The maximum Gasteiger partial charge on any atom is 0.181 e. The predicted molar refractivity (Wildman–Crippen MR) is 59.8 cm³/mol. The molecule has 1 N–H and O–H groups in total. The van der Waals surface area contributed by atoms with E-state index in [1.54, 1.807) is 4.68 Å². The van der Waals surface area contributed by atoms with Crippen molar-refractivity contribution in [2.45, 2.75) is 12.3 Å². The highest BCUT2D eigenvalue weighted by molar-refractivity contribution is 5.73. The van der Waals surface area contributed by atoms with Gasteiger partial charge < -0.3 is 9.84 Å². The minimum absolute atomic E-state index is 0.607. The van der Waals surface area contributed by atoms with Crippen molar-refractivity contribution in [1.82, 2.24) is 15.0 Å². The quantitative estimate of drug-likeness (QED) is 0.783. The lowest BCUT2D eigenvalue weighted by Crippen LogP contribution is -2.24. The average molecular weight is 219 g/mol. The molecule has 0 radical (unpaired) electrons. The number of aliphatic hydroxyl groups excluding tert-OH is 1. The third-order valence-corrected chi connectivity index (χ3v) is 2.39. The SMILES string of the molecule is C=CC(O)C(OC)n1nnc2ccccc21. The fourth-order valence-electron chi connectivity index (χ4n) is 1.58. The van der Waals surface area contributed by atoms with Gasteiger partial charge in [0.15, 0.2) is 6.23 Å². The smallest absolute Gasteiger partial charge is 0.181 e. The van der Waals surface area contributed by atoms with Crippen molar-refractivity contribution in [1.29, 1.82) is 0 Å². The van der Waals surface area contributed by atoms with Gasteiger partial charge in [-0.15, -0.1) is 11.7 Å². The van der Waals surface area contributed by atoms with Crippen molar-refractivity contribution >= 4 is 11.0 Å². The number of aromatic nitrogens is 3. The molecule has 0 saturated heterocycles. The molecule has 16 heavy (non-hydrogen) atoms. The molecule has 0 aliphatic carbocycles. The summed E-state index contributed by atoms with van der Waals surface area (Å²) in [5.74, 6) is 0. The van der Waals surface area contributed by atoms with Gasteiger partial charge in [-0.2, -0.15) is 0 Å². The Morgan fingerprint density at radius 2 is 2.25 bits per heavy atom. The van der Waals surface area contributed by atoms with Gasteiger partial charge in [0.05, 0.1) is 5.52 Å². The highest BCUT2D eigenvalue weighted by Gasteiger charge is 2.20. The molecule has 0 saturated carbocycles. The molecule has 2 aromatic rings. The van der Waals surface area contributed by atoms with Crippen molar-refractivity contribution in [3.05, 3.63) is 36.9 Å². The monoisotopic (exact) mass is 219 g/mol. The molecule has 5 nitrogen and oxygen atoms in total. The Balaban J connectivity index is 2.49. The second-order valence-electron chi connectivity index (χ2n) is 3.38. The molecular formula is C11H13N3O2. The number of methoxy groups -OCH3 is 1. The number of fused-ring (bicyclic) bond motifs is 1. The van der Waals surface area contributed by atoms with E-state index in [9.17, 15) is 5.11 Å². The van der Waals surface area contributed by atoms with E-state index in [0.717, 1.165) is 11.0 Å². The van der Waals surface area contributed by atoms with Gasteiger partial charge in [0.25, 0.3) is 0 Å². The van der Waals surface area contributed by atoms with E-state index in [2.05, 4.69) is 16.9 Å². The summed E-state index contributed by atoms with van der Waals surface area (Å²) in [5.41, 5.74) is 1.58. The van der Waals surface area contributed by atoms with Gasteiger partial charge in [-0.1, -0.05) is 23.4 Å². The first-order chi connectivity index (χ1) is 7.77. The maximum absolute atomic E-state index is 9.72. The second kappa shape index (κ2) is 4.42. The van der Waals surface area contributed by atoms with Crippen LogP contribution >= 0.6 is 0 Å². The molecule has 0 bridgehead atoms. The summed E-state index contributed by atoms with van der Waals surface area (Å²) in [4.78, 5) is 0. The largest absolute Gasteiger partial charge is 0.384 e. The molecule has 2 atom stereocenters. The predicted octanol–water partition coefficient (Wildman–Crippen LogP) is 1.12. The third-order valence-electron chi connectivity index (χ3n) is 2.39. The third kappa shape index (κ3) is 1.70. The lowest BCUT2D eigenvalue weighted by molar-refractivity contribution is -0.0422. The topological polar surface area (TPSA) is 60.2 Å². The molecule has 0 aliphatic rings. The summed E-state index contributed by atoms with van der Waals surface area (Å²) >= 11 is 0. The molecule has 2 rings (SSSR count). The van der Waals surface area contributed by atoms with Crippen molar-refractivity contribution in [3.8, 4) is 0 Å². The first kappa shape index (κ1) is 10.8. The lowest BCUT2D eigenvalue weighted by Gasteiger charge is -2.19. The van der Waals surface area contributed by atoms with Gasteiger partial charge in [-0.3, -0.25) is 0 Å². The zero-order valence-electron chi connectivity index (χ0n) is 8.95. The number of benzene rings is 1. The highest BCUT2D eigenvalue weighted by Crippen LogP contribution is 2.19. The van der Waals surface area contributed by atoms with E-state index >= 15 is 0 Å². The zero-order valence-corrected chi connectivity index (χ0v) is 8.95. The Hall–Kier alpha value is -1.72. The molecule has 1 heterocycles. The summed E-state index contributed by atoms with van der Waals surface area (Å²) < 4.78 is 6.74. The van der Waals surface area contributed by atoms with Crippen molar-refractivity contribution in [3.63, 3.8) is 0 Å². The minimum atomic E-state index is -0.824. The second-order valence-corrected chi connectivity index (χ2v) is 3.38. The number of hydrogen-bond acceptors (Lipinski definition) is 4. The number of ether oxygens (including phenoxy) is 1. The maximum atomic E-state index is 9.72. The Morgan fingerprint density at radius 1 is 1.50 bits per heavy atom. The molecular weight excluding hydrogens is 206 g/mol. The summed E-state index contributed by atoms with van der Waals surface area (Å²) in [7, 11) is 1.51. The van der Waals surface area contributed by atoms with Crippen LogP contribution in [0.3, 0.4) is 0 Å². The van der Waals surface area contributed by atoms with E-state index in [1.165, 1.54) is 13.2 Å². The first-order valence-corrected chi connectivity index (χ1v) is 4.91. The summed E-state index contributed by atoms with van der Waals surface area (Å²) in [6.07, 6.45) is -0.0232. The van der Waals surface area contributed by atoms with Crippen LogP contribution in [0, 0.1) is 0 Å². The van der Waals surface area contributed by atoms with Crippen LogP contribution in [0.25, 0.3) is 11.0 Å². The Labute approximate surface area is 93.0 Å². The molecule has 0 fully saturated rings. The van der Waals surface area contributed by atoms with Crippen LogP contribution in [-0.2, 0) is 4.74 Å². The van der Waals surface area contributed by atoms with E-state index in [1.807, 2.05) is 24.3 Å². The van der Waals surface area contributed by atoms with Crippen LogP contribution < -0.4 is 0 Å². The van der Waals surface area contributed by atoms with Gasteiger partial charge >= 0.3 is 0 Å². The summed E-state index contributed by atoms with van der Waals surface area (Å²) in [5, 5.41) is 17.7. The van der Waals surface area contributed by atoms with Gasteiger partial charge in [0.2, 0.25) is 0 Å². The van der Waals surface area contributed by atoms with Gasteiger partial charge in [0, 0.05) is 7.11 Å². The van der Waals surface area contributed by atoms with Crippen molar-refractivity contribution in [2.24, 2.45) is 0 Å². The molecule has 2 unspecified atom stereocenters. The van der Waals surface area contributed by atoms with Gasteiger partial charge in [0.1, 0.15) is 11.6 Å². The Bertz CT molecular complexity index is 495. The normalized spacial score (nSPS) is 14.9. The van der Waals surface area contributed by atoms with E-state index in [0.29, 0.717) is 0 Å². The summed E-state index contributed by atoms with van der Waals surface area (Å²) in [6.45, 7) is 3.53. The minimum Gasteiger partial charge on any atom is -0.384 e. The van der Waals surface area contributed by atoms with Crippen LogP contribution in [0.1, 0.15) is 6.23 Å². The number of hydrogen-bond donors (Lipinski definition) is 1. The van der Waals surface area contributed by atoms with Crippen molar-refractivity contribution < 1.29 is 9.84 Å². The van der Waals surface area contributed by atoms with E-state index < -0.39 is 12.3 Å². The van der Waals surface area contributed by atoms with Gasteiger partial charge in [-0.05, 0) is 12.1 Å². The van der Waals surface area contributed by atoms with Crippen molar-refractivity contribution in [2.75, 3.05) is 7.11 Å². The zero-order chi connectivity index (χ0) is 11.5. The number of rotatable bonds is 4. The van der Waals surface area contributed by atoms with E-state index in [4.69, 9.17) is 4.74 Å². The van der Waals surface area contributed by atoms with Crippen LogP contribution in [-0.4, -0.2) is 33.3 Å². The Kier molecular flexibility index (Phi) is 2.98. The standard InChI is InChI=1S/C11H13N3O2/c1-3-10(15)11(16-2)14-9-7-5-4-6-8(9)12-13-14/h3-7,10-11,15H,1H2,2H3. The van der Waals surface area contributed by atoms with Crippen LogP contribution in [0.5, 0.6) is 0 Å². The number of nitrogens with zero attached hydrogens (tertiary/aromatic N) is 3. The molecule has 0 aliphatic heterocycles. The fraction of sp³-hybridized carbons (Fsp3) is 0.273. The molecule has 5 heteroatoms. The first-order valence-electron chi connectivity index (χ1n) is 4.91. The highest BCUT2D eigenvalue weighted by atomic mass is 16.5.